The molecule has 0 aromatic carbocycles. The Bertz CT molecular complexity index is 1110. The standard InChI is InChI=1S/C20H18FN5O2/c1-20(2,23-3)11-28-19-16(21)7-14(10-26-19)13-6-15-12(4-5-17(22)27)8-24-18(15)25-9-13/h4-10H,11H2,1-2H3,(H2,22,27)(H,24,25)/b5-4+. The van der Waals surface area contributed by atoms with Crippen LogP contribution < -0.4 is 10.5 Å². The van der Waals surface area contributed by atoms with Gasteiger partial charge in [-0.25, -0.2) is 20.9 Å². The van der Waals surface area contributed by atoms with E-state index in [9.17, 15) is 9.18 Å². The number of pyridine rings is 2. The Labute approximate surface area is 160 Å². The number of H-pyrrole nitrogens is 1. The van der Waals surface area contributed by atoms with Crippen molar-refractivity contribution in [2.24, 2.45) is 5.73 Å². The van der Waals surface area contributed by atoms with Crippen LogP contribution in [0.2, 0.25) is 0 Å². The van der Waals surface area contributed by atoms with E-state index in [-0.39, 0.29) is 12.5 Å². The van der Waals surface area contributed by atoms with Crippen molar-refractivity contribution in [2.45, 2.75) is 19.4 Å². The SMILES string of the molecule is [C-]#[N+]C(C)(C)COc1ncc(-c2cnc3[nH]cc(/C=C/C(N)=O)c3c2)cc1F. The molecule has 0 unspecified atom stereocenters. The van der Waals surface area contributed by atoms with Crippen LogP contribution in [-0.4, -0.2) is 33.0 Å². The summed E-state index contributed by atoms with van der Waals surface area (Å²) < 4.78 is 19.7. The molecule has 8 heteroatoms. The normalized spacial score (nSPS) is 11.6. The second kappa shape index (κ2) is 7.48. The van der Waals surface area contributed by atoms with Crippen molar-refractivity contribution in [3.8, 4) is 17.0 Å². The zero-order chi connectivity index (χ0) is 20.3. The van der Waals surface area contributed by atoms with Gasteiger partial charge < -0.3 is 20.3 Å². The number of rotatable bonds is 6. The van der Waals surface area contributed by atoms with E-state index >= 15 is 0 Å². The molecular formula is C20H18FN5O2. The predicted molar refractivity (Wildman–Crippen MR) is 104 cm³/mol. The molecule has 0 saturated heterocycles. The first-order valence-electron chi connectivity index (χ1n) is 8.41. The van der Waals surface area contributed by atoms with Gasteiger partial charge in [-0.15, -0.1) is 0 Å². The van der Waals surface area contributed by atoms with Gasteiger partial charge in [0, 0.05) is 60.6 Å². The van der Waals surface area contributed by atoms with E-state index in [1.807, 2.05) is 6.07 Å². The molecule has 1 amide bonds. The molecule has 0 spiro atoms. The lowest BCUT2D eigenvalue weighted by molar-refractivity contribution is -0.113. The summed E-state index contributed by atoms with van der Waals surface area (Å²) in [5.74, 6) is -1.33. The zero-order valence-corrected chi connectivity index (χ0v) is 15.4. The van der Waals surface area contributed by atoms with E-state index in [2.05, 4.69) is 19.8 Å². The molecule has 0 aliphatic rings. The minimum Gasteiger partial charge on any atom is -0.467 e. The number of nitrogens with one attached hydrogen (secondary N) is 1. The van der Waals surface area contributed by atoms with Crippen LogP contribution in [0.4, 0.5) is 4.39 Å². The Hall–Kier alpha value is -3.73. The Balaban J connectivity index is 1.90. The molecule has 0 aliphatic carbocycles. The first-order valence-corrected chi connectivity index (χ1v) is 8.41. The van der Waals surface area contributed by atoms with Crippen molar-refractivity contribution >= 4 is 23.0 Å². The van der Waals surface area contributed by atoms with Crippen molar-refractivity contribution < 1.29 is 13.9 Å². The molecule has 142 valence electrons. The third-order valence-electron chi connectivity index (χ3n) is 4.00. The summed E-state index contributed by atoms with van der Waals surface area (Å²) in [6.07, 6.45) is 7.63. The highest BCUT2D eigenvalue weighted by Crippen LogP contribution is 2.27. The highest BCUT2D eigenvalue weighted by Gasteiger charge is 2.25. The smallest absolute Gasteiger partial charge is 0.260 e. The van der Waals surface area contributed by atoms with E-state index in [1.165, 1.54) is 18.3 Å². The van der Waals surface area contributed by atoms with Crippen LogP contribution in [0.3, 0.4) is 0 Å². The van der Waals surface area contributed by atoms with Crippen LogP contribution >= 0.6 is 0 Å². The molecule has 28 heavy (non-hydrogen) atoms. The Morgan fingerprint density at radius 2 is 2.07 bits per heavy atom. The number of aromatic amines is 1. The second-order valence-electron chi connectivity index (χ2n) is 6.82. The number of ether oxygens (including phenoxy) is 1. The molecule has 3 aromatic rings. The van der Waals surface area contributed by atoms with Gasteiger partial charge in [0.15, 0.2) is 12.4 Å². The molecule has 7 nitrogen and oxygen atoms in total. The second-order valence-corrected chi connectivity index (χ2v) is 6.82. The van der Waals surface area contributed by atoms with Gasteiger partial charge in [-0.3, -0.25) is 4.79 Å². The molecule has 3 N–H and O–H groups in total. The Morgan fingerprint density at radius 1 is 1.36 bits per heavy atom. The molecule has 0 saturated carbocycles. The van der Waals surface area contributed by atoms with Gasteiger partial charge in [0.25, 0.3) is 11.4 Å². The summed E-state index contributed by atoms with van der Waals surface area (Å²) in [5, 5.41) is 0.759. The van der Waals surface area contributed by atoms with E-state index in [4.69, 9.17) is 17.0 Å². The number of amides is 1. The van der Waals surface area contributed by atoms with E-state index in [0.717, 1.165) is 10.9 Å². The number of nitrogens with two attached hydrogens (primary N) is 1. The van der Waals surface area contributed by atoms with Crippen molar-refractivity contribution in [1.29, 1.82) is 0 Å². The summed E-state index contributed by atoms with van der Waals surface area (Å²) in [5.41, 5.74) is 6.91. The third kappa shape index (κ3) is 4.15. The van der Waals surface area contributed by atoms with E-state index < -0.39 is 17.3 Å². The lowest BCUT2D eigenvalue weighted by Crippen LogP contribution is -2.24. The number of hydrogen-bond acceptors (Lipinski definition) is 4. The van der Waals surface area contributed by atoms with Crippen LogP contribution in [0, 0.1) is 12.4 Å². The van der Waals surface area contributed by atoms with Crippen LogP contribution in [0.25, 0.3) is 33.1 Å². The first kappa shape index (κ1) is 19.0. The monoisotopic (exact) mass is 379 g/mol. The molecule has 0 atom stereocenters. The minimum absolute atomic E-state index is 0.0339. The van der Waals surface area contributed by atoms with Crippen LogP contribution in [0.1, 0.15) is 19.4 Å². The van der Waals surface area contributed by atoms with E-state index in [0.29, 0.717) is 16.8 Å². The fraction of sp³-hybridized carbons (Fsp3) is 0.200. The first-order chi connectivity index (χ1) is 13.3. The molecular weight excluding hydrogens is 361 g/mol. The van der Waals surface area contributed by atoms with Gasteiger partial charge in [-0.05, 0) is 18.2 Å². The molecule has 3 rings (SSSR count). The highest BCUT2D eigenvalue weighted by molar-refractivity contribution is 5.95. The summed E-state index contributed by atoms with van der Waals surface area (Å²) in [7, 11) is 0. The number of aromatic nitrogens is 3. The average Bonchev–Trinajstić information content (AvgIpc) is 3.07. The third-order valence-corrected chi connectivity index (χ3v) is 4.00. The van der Waals surface area contributed by atoms with Gasteiger partial charge >= 0.3 is 0 Å². The summed E-state index contributed by atoms with van der Waals surface area (Å²) in [6.45, 7) is 10.5. The number of fused-ring (bicyclic) bond motifs is 1. The lowest BCUT2D eigenvalue weighted by atomic mass is 10.1. The molecule has 3 aromatic heterocycles. The minimum atomic E-state index is -0.759. The molecule has 3 heterocycles. The quantitative estimate of drug-likeness (QED) is 0.507. The predicted octanol–water partition coefficient (Wildman–Crippen LogP) is 3.34. The number of carbonyl (C=O) groups excluding carboxylic acids is 1. The van der Waals surface area contributed by atoms with Gasteiger partial charge in [0.1, 0.15) is 5.65 Å². The number of carbonyl (C=O) groups is 1. The molecule has 0 aliphatic heterocycles. The maximum Gasteiger partial charge on any atom is 0.260 e. The van der Waals surface area contributed by atoms with Crippen molar-refractivity contribution in [1.82, 2.24) is 15.0 Å². The lowest BCUT2D eigenvalue weighted by Gasteiger charge is -2.13. The number of hydrogen-bond donors (Lipinski definition) is 2. The van der Waals surface area contributed by atoms with Crippen molar-refractivity contribution in [3.63, 3.8) is 0 Å². The highest BCUT2D eigenvalue weighted by atomic mass is 19.1. The maximum absolute atomic E-state index is 14.4. The van der Waals surface area contributed by atoms with Gasteiger partial charge in [-0.1, -0.05) is 0 Å². The Morgan fingerprint density at radius 3 is 2.75 bits per heavy atom. The number of primary amides is 1. The largest absolute Gasteiger partial charge is 0.467 e. The van der Waals surface area contributed by atoms with Crippen LogP contribution in [0.15, 0.2) is 36.8 Å². The van der Waals surface area contributed by atoms with E-state index in [1.54, 1.807) is 32.3 Å². The van der Waals surface area contributed by atoms with Gasteiger partial charge in [0.2, 0.25) is 5.91 Å². The van der Waals surface area contributed by atoms with Crippen LogP contribution in [0.5, 0.6) is 5.88 Å². The summed E-state index contributed by atoms with van der Waals surface area (Å²) >= 11 is 0. The topological polar surface area (TPSA) is 98.2 Å². The molecule has 0 fully saturated rings. The fourth-order valence-electron chi connectivity index (χ4n) is 2.46. The number of halogens is 1. The van der Waals surface area contributed by atoms with Gasteiger partial charge in [-0.2, -0.15) is 0 Å². The van der Waals surface area contributed by atoms with Crippen LogP contribution in [-0.2, 0) is 4.79 Å². The van der Waals surface area contributed by atoms with Crippen molar-refractivity contribution in [3.05, 3.63) is 59.6 Å². The summed E-state index contributed by atoms with van der Waals surface area (Å²) in [6, 6.07) is 3.13. The summed E-state index contributed by atoms with van der Waals surface area (Å²) in [4.78, 5) is 25.7. The maximum atomic E-state index is 14.4. The average molecular weight is 379 g/mol. The fourth-order valence-corrected chi connectivity index (χ4v) is 2.46. The Kier molecular flexibility index (Phi) is 5.09. The number of nitrogens with zero attached hydrogens (tertiary/aromatic N) is 3. The zero-order valence-electron chi connectivity index (χ0n) is 15.4. The molecule has 0 radical (unpaired) electrons. The molecule has 0 bridgehead atoms. The van der Waals surface area contributed by atoms with Gasteiger partial charge in [0.05, 0.1) is 0 Å². The van der Waals surface area contributed by atoms with Crippen molar-refractivity contribution in [2.75, 3.05) is 6.61 Å².